The summed E-state index contributed by atoms with van der Waals surface area (Å²) >= 11 is 0. The second-order valence-electron chi connectivity index (χ2n) is 8.32. The van der Waals surface area contributed by atoms with Crippen molar-refractivity contribution in [1.82, 2.24) is 14.8 Å². The number of anilines is 1. The van der Waals surface area contributed by atoms with Crippen LogP contribution in [0.3, 0.4) is 0 Å². The summed E-state index contributed by atoms with van der Waals surface area (Å²) in [4.78, 5) is 41.8. The molecular formula is C26H25N5O4. The van der Waals surface area contributed by atoms with Crippen molar-refractivity contribution >= 4 is 34.5 Å². The standard InChI is InChI=1S/C26H25N5O4/c1-15(2)31-24-21(14-28-31)20(13-22(30-24)17-7-5-4-6-8-17)26(34)35-16(3)25(33)29-19-11-9-18(10-12-19)23(27)32/h4-16H,1-3H3,(H2,27,32)(H,29,33). The molecule has 0 fully saturated rings. The molecule has 35 heavy (non-hydrogen) atoms. The molecule has 4 rings (SSSR count). The molecule has 0 saturated heterocycles. The predicted octanol–water partition coefficient (Wildman–Crippen LogP) is 3.96. The maximum absolute atomic E-state index is 13.2. The first kappa shape index (κ1) is 23.6. The number of fused-ring (bicyclic) bond motifs is 1. The molecule has 1 unspecified atom stereocenters. The summed E-state index contributed by atoms with van der Waals surface area (Å²) in [6.07, 6.45) is 0.500. The largest absolute Gasteiger partial charge is 0.449 e. The first-order valence-electron chi connectivity index (χ1n) is 11.1. The SMILES string of the molecule is CC(OC(=O)c1cc(-c2ccccc2)nc2c1cnn2C(C)C)C(=O)Nc1ccc(C(N)=O)cc1. The first-order valence-corrected chi connectivity index (χ1v) is 11.1. The van der Waals surface area contributed by atoms with Gasteiger partial charge >= 0.3 is 5.97 Å². The molecule has 0 radical (unpaired) electrons. The van der Waals surface area contributed by atoms with E-state index in [9.17, 15) is 14.4 Å². The van der Waals surface area contributed by atoms with Gasteiger partial charge in [-0.3, -0.25) is 9.59 Å². The lowest BCUT2D eigenvalue weighted by Crippen LogP contribution is -2.30. The van der Waals surface area contributed by atoms with Crippen LogP contribution in [0.15, 0.2) is 66.9 Å². The molecule has 3 N–H and O–H groups in total. The second kappa shape index (κ2) is 9.76. The van der Waals surface area contributed by atoms with E-state index in [1.807, 2.05) is 44.2 Å². The number of hydrogen-bond acceptors (Lipinski definition) is 6. The van der Waals surface area contributed by atoms with Crippen molar-refractivity contribution in [3.05, 3.63) is 78.0 Å². The Balaban J connectivity index is 1.60. The summed E-state index contributed by atoms with van der Waals surface area (Å²) < 4.78 is 7.25. The third kappa shape index (κ3) is 5.03. The summed E-state index contributed by atoms with van der Waals surface area (Å²) in [6, 6.07) is 17.3. The molecule has 2 amide bonds. The molecule has 178 valence electrons. The fourth-order valence-electron chi connectivity index (χ4n) is 3.56. The van der Waals surface area contributed by atoms with Gasteiger partial charge in [-0.2, -0.15) is 5.10 Å². The van der Waals surface area contributed by atoms with Gasteiger partial charge in [0.15, 0.2) is 11.8 Å². The molecule has 2 heterocycles. The Labute approximate surface area is 201 Å². The van der Waals surface area contributed by atoms with E-state index in [0.29, 0.717) is 28.0 Å². The molecule has 0 spiro atoms. The van der Waals surface area contributed by atoms with Crippen LogP contribution >= 0.6 is 0 Å². The number of ether oxygens (including phenoxy) is 1. The molecule has 2 aromatic carbocycles. The highest BCUT2D eigenvalue weighted by molar-refractivity contribution is 6.05. The van der Waals surface area contributed by atoms with E-state index in [2.05, 4.69) is 10.4 Å². The molecule has 9 nitrogen and oxygen atoms in total. The van der Waals surface area contributed by atoms with Gasteiger partial charge in [-0.25, -0.2) is 14.5 Å². The summed E-state index contributed by atoms with van der Waals surface area (Å²) in [5.41, 5.74) is 8.26. The molecule has 0 bridgehead atoms. The van der Waals surface area contributed by atoms with E-state index in [0.717, 1.165) is 5.56 Å². The second-order valence-corrected chi connectivity index (χ2v) is 8.32. The maximum Gasteiger partial charge on any atom is 0.339 e. The van der Waals surface area contributed by atoms with Gasteiger partial charge < -0.3 is 15.8 Å². The van der Waals surface area contributed by atoms with E-state index in [4.69, 9.17) is 15.5 Å². The van der Waals surface area contributed by atoms with Crippen molar-refractivity contribution in [2.45, 2.75) is 32.9 Å². The zero-order chi connectivity index (χ0) is 25.1. The molecule has 0 saturated carbocycles. The van der Waals surface area contributed by atoms with E-state index in [1.54, 1.807) is 29.1 Å². The van der Waals surface area contributed by atoms with Crippen LogP contribution < -0.4 is 11.1 Å². The minimum atomic E-state index is -1.08. The number of carbonyl (C=O) groups is 3. The van der Waals surface area contributed by atoms with Gasteiger partial charge in [-0.05, 0) is 51.1 Å². The van der Waals surface area contributed by atoms with Crippen molar-refractivity contribution in [2.75, 3.05) is 5.32 Å². The Hall–Kier alpha value is -4.53. The summed E-state index contributed by atoms with van der Waals surface area (Å²) in [5, 5.41) is 7.60. The molecule has 0 aliphatic heterocycles. The highest BCUT2D eigenvalue weighted by Gasteiger charge is 2.24. The molecule has 0 aliphatic carbocycles. The van der Waals surface area contributed by atoms with Gasteiger partial charge in [0.2, 0.25) is 5.91 Å². The lowest BCUT2D eigenvalue weighted by molar-refractivity contribution is -0.123. The molecule has 0 aliphatic rings. The number of nitrogens with one attached hydrogen (secondary N) is 1. The number of benzene rings is 2. The van der Waals surface area contributed by atoms with Gasteiger partial charge in [-0.1, -0.05) is 30.3 Å². The lowest BCUT2D eigenvalue weighted by Gasteiger charge is -2.15. The van der Waals surface area contributed by atoms with Crippen LogP contribution in [-0.2, 0) is 9.53 Å². The molecule has 4 aromatic rings. The van der Waals surface area contributed by atoms with Gasteiger partial charge in [0.1, 0.15) is 0 Å². The minimum absolute atomic E-state index is 0.0283. The smallest absolute Gasteiger partial charge is 0.339 e. The Morgan fingerprint density at radius 3 is 2.31 bits per heavy atom. The van der Waals surface area contributed by atoms with Crippen LogP contribution in [0.1, 0.15) is 47.5 Å². The molecular weight excluding hydrogens is 446 g/mol. The highest BCUT2D eigenvalue weighted by Crippen LogP contribution is 2.27. The van der Waals surface area contributed by atoms with Gasteiger partial charge in [0, 0.05) is 22.9 Å². The first-order chi connectivity index (χ1) is 16.7. The number of esters is 1. The van der Waals surface area contributed by atoms with Crippen LogP contribution in [-0.4, -0.2) is 38.7 Å². The van der Waals surface area contributed by atoms with Gasteiger partial charge in [-0.15, -0.1) is 0 Å². The summed E-state index contributed by atoms with van der Waals surface area (Å²) in [7, 11) is 0. The summed E-state index contributed by atoms with van der Waals surface area (Å²) in [6.45, 7) is 5.44. The van der Waals surface area contributed by atoms with E-state index < -0.39 is 23.9 Å². The Morgan fingerprint density at radius 2 is 1.69 bits per heavy atom. The maximum atomic E-state index is 13.2. The fourth-order valence-corrected chi connectivity index (χ4v) is 3.56. The minimum Gasteiger partial charge on any atom is -0.449 e. The highest BCUT2D eigenvalue weighted by atomic mass is 16.5. The quantitative estimate of drug-likeness (QED) is 0.393. The lowest BCUT2D eigenvalue weighted by atomic mass is 10.1. The average molecular weight is 472 g/mol. The Kier molecular flexibility index (Phi) is 6.59. The van der Waals surface area contributed by atoms with Crippen LogP contribution in [0.2, 0.25) is 0 Å². The number of carbonyl (C=O) groups excluding carboxylic acids is 3. The van der Waals surface area contributed by atoms with Crippen LogP contribution in [0.4, 0.5) is 5.69 Å². The molecule has 9 heteroatoms. The number of hydrogen-bond donors (Lipinski definition) is 2. The zero-order valence-electron chi connectivity index (χ0n) is 19.6. The van der Waals surface area contributed by atoms with Gasteiger partial charge in [0.25, 0.3) is 5.91 Å². The molecule has 2 aromatic heterocycles. The Bertz CT molecular complexity index is 1390. The summed E-state index contributed by atoms with van der Waals surface area (Å²) in [5.74, 6) is -1.74. The number of rotatable bonds is 7. The number of nitrogens with two attached hydrogens (primary N) is 1. The predicted molar refractivity (Wildman–Crippen MR) is 132 cm³/mol. The van der Waals surface area contributed by atoms with Crippen molar-refractivity contribution < 1.29 is 19.1 Å². The number of amides is 2. The molecule has 1 atom stereocenters. The number of aromatic nitrogens is 3. The average Bonchev–Trinajstić information content (AvgIpc) is 3.28. The van der Waals surface area contributed by atoms with E-state index in [1.165, 1.54) is 19.1 Å². The van der Waals surface area contributed by atoms with Crippen molar-refractivity contribution in [1.29, 1.82) is 0 Å². The van der Waals surface area contributed by atoms with Gasteiger partial charge in [0.05, 0.1) is 22.8 Å². The van der Waals surface area contributed by atoms with E-state index in [-0.39, 0.29) is 11.6 Å². The van der Waals surface area contributed by atoms with Crippen molar-refractivity contribution in [2.24, 2.45) is 5.73 Å². The zero-order valence-corrected chi connectivity index (χ0v) is 19.6. The Morgan fingerprint density at radius 1 is 1.00 bits per heavy atom. The number of pyridine rings is 1. The number of primary amides is 1. The van der Waals surface area contributed by atoms with E-state index >= 15 is 0 Å². The normalized spacial score (nSPS) is 11.9. The van der Waals surface area contributed by atoms with Crippen LogP contribution in [0, 0.1) is 0 Å². The fraction of sp³-hybridized carbons (Fsp3) is 0.192. The van der Waals surface area contributed by atoms with Crippen LogP contribution in [0.5, 0.6) is 0 Å². The van der Waals surface area contributed by atoms with Crippen molar-refractivity contribution in [3.63, 3.8) is 0 Å². The van der Waals surface area contributed by atoms with Crippen molar-refractivity contribution in [3.8, 4) is 11.3 Å². The third-order valence-electron chi connectivity index (χ3n) is 5.44. The monoisotopic (exact) mass is 471 g/mol. The topological polar surface area (TPSA) is 129 Å². The number of nitrogens with zero attached hydrogens (tertiary/aromatic N) is 3. The third-order valence-corrected chi connectivity index (χ3v) is 5.44. The van der Waals surface area contributed by atoms with Crippen LogP contribution in [0.25, 0.3) is 22.3 Å².